The third kappa shape index (κ3) is 3.62. The van der Waals surface area contributed by atoms with E-state index in [4.69, 9.17) is 0 Å². The van der Waals surface area contributed by atoms with Crippen LogP contribution in [0.2, 0.25) is 0 Å². The van der Waals surface area contributed by atoms with Crippen LogP contribution in [0.5, 0.6) is 0 Å². The molecule has 2 nitrogen and oxygen atoms in total. The van der Waals surface area contributed by atoms with Gasteiger partial charge in [-0.25, -0.2) is 0 Å². The van der Waals surface area contributed by atoms with Gasteiger partial charge in [0.15, 0.2) is 0 Å². The van der Waals surface area contributed by atoms with Gasteiger partial charge < -0.3 is 22.2 Å². The lowest BCUT2D eigenvalue weighted by atomic mass is 9.81. The molecule has 1 saturated heterocycles. The van der Waals surface area contributed by atoms with Gasteiger partial charge in [0.2, 0.25) is 0 Å². The molecule has 0 radical (unpaired) electrons. The lowest BCUT2D eigenvalue weighted by Crippen LogP contribution is -3.10. The zero-order valence-electron chi connectivity index (χ0n) is 15.8. The second-order valence-electron chi connectivity index (χ2n) is 7.65. The van der Waals surface area contributed by atoms with Gasteiger partial charge in [0.1, 0.15) is 0 Å². The minimum atomic E-state index is 0. The molecule has 0 aliphatic carbocycles. The summed E-state index contributed by atoms with van der Waals surface area (Å²) in [6.45, 7) is 9.75. The molecule has 0 amide bonds. The van der Waals surface area contributed by atoms with E-state index in [0.717, 1.165) is 6.54 Å². The number of likely N-dealkylation sites (tertiary alicyclic amines) is 1. The number of hydrogen-bond donors (Lipinski definition) is 1. The number of halogens is 1. The summed E-state index contributed by atoms with van der Waals surface area (Å²) in [6, 6.07) is 17.8. The van der Waals surface area contributed by atoms with Gasteiger partial charge in [-0.3, -0.25) is 0 Å². The molecule has 0 aromatic heterocycles. The Morgan fingerprint density at radius 3 is 2.15 bits per heavy atom. The molecule has 4 heteroatoms. The van der Waals surface area contributed by atoms with Gasteiger partial charge in [-0.05, 0) is 37.6 Å². The van der Waals surface area contributed by atoms with Crippen LogP contribution in [0.3, 0.4) is 0 Å². The number of benzene rings is 2. The summed E-state index contributed by atoms with van der Waals surface area (Å²) in [5, 5.41) is 0. The smallest absolute Gasteiger partial charge is 0.0847 e. The third-order valence-corrected chi connectivity index (χ3v) is 7.07. The number of fused-ring (bicyclic) bond motifs is 2. The fourth-order valence-corrected chi connectivity index (χ4v) is 5.79. The number of rotatable bonds is 5. The quantitative estimate of drug-likeness (QED) is 0.827. The van der Waals surface area contributed by atoms with Crippen molar-refractivity contribution in [1.82, 2.24) is 0 Å². The van der Waals surface area contributed by atoms with Gasteiger partial charge in [0.05, 0.1) is 31.0 Å². The highest BCUT2D eigenvalue weighted by atomic mass is 35.5. The summed E-state index contributed by atoms with van der Waals surface area (Å²) in [5.74, 6) is 0. The van der Waals surface area contributed by atoms with Crippen LogP contribution in [-0.2, 0) is 0 Å². The highest BCUT2D eigenvalue weighted by molar-refractivity contribution is 7.99. The fraction of sp³-hybridized carbons (Fsp3) is 0.455. The number of hydrogen-bond acceptors (Lipinski definition) is 2. The number of anilines is 2. The Bertz CT molecular complexity index is 705. The molecule has 26 heavy (non-hydrogen) atoms. The summed E-state index contributed by atoms with van der Waals surface area (Å²) in [4.78, 5) is 7.19. The Balaban J connectivity index is 0.00000196. The fourth-order valence-electron chi connectivity index (χ4n) is 4.70. The van der Waals surface area contributed by atoms with Gasteiger partial charge >= 0.3 is 0 Å². The van der Waals surface area contributed by atoms with Crippen molar-refractivity contribution in [2.75, 3.05) is 31.1 Å². The highest BCUT2D eigenvalue weighted by Gasteiger charge is 2.42. The molecule has 140 valence electrons. The minimum absolute atomic E-state index is 0. The maximum absolute atomic E-state index is 2.62. The molecule has 2 aromatic carbocycles. The summed E-state index contributed by atoms with van der Waals surface area (Å²) in [5.41, 5.74) is 3.24. The van der Waals surface area contributed by atoms with Gasteiger partial charge in [-0.2, -0.15) is 0 Å². The van der Waals surface area contributed by atoms with Crippen LogP contribution in [0.4, 0.5) is 11.4 Å². The van der Waals surface area contributed by atoms with Crippen molar-refractivity contribution in [2.24, 2.45) is 5.41 Å². The minimum Gasteiger partial charge on any atom is -1.00 e. The lowest BCUT2D eigenvalue weighted by Gasteiger charge is -2.39. The standard InChI is InChI=1S/C22H28N2S.ClH/c1-3-13-22(14-15-23(4-2)16-22)17-24-18-9-5-7-11-20(18)25-21-12-8-6-10-19(21)24;/h5-12H,3-4,13-17H2,1-2H3;1H. The van der Waals surface area contributed by atoms with Crippen LogP contribution in [-0.4, -0.2) is 26.2 Å². The molecule has 0 spiro atoms. The Labute approximate surface area is 168 Å². The second-order valence-corrected chi connectivity index (χ2v) is 8.74. The molecule has 2 heterocycles. The Kier molecular flexibility index (Phi) is 6.21. The molecular weight excluding hydrogens is 360 g/mol. The largest absolute Gasteiger partial charge is 1.00 e. The first kappa shape index (κ1) is 19.6. The first-order chi connectivity index (χ1) is 12.2. The molecule has 2 atom stereocenters. The molecule has 1 N–H and O–H groups in total. The van der Waals surface area contributed by atoms with Crippen molar-refractivity contribution in [2.45, 2.75) is 42.9 Å². The maximum atomic E-state index is 2.62. The highest BCUT2D eigenvalue weighted by Crippen LogP contribution is 2.49. The van der Waals surface area contributed by atoms with Crippen LogP contribution >= 0.6 is 11.8 Å². The van der Waals surface area contributed by atoms with E-state index in [0.29, 0.717) is 5.41 Å². The number of nitrogens with one attached hydrogen (secondary N) is 1. The molecule has 2 unspecified atom stereocenters. The van der Waals surface area contributed by atoms with Crippen molar-refractivity contribution in [3.63, 3.8) is 0 Å². The summed E-state index contributed by atoms with van der Waals surface area (Å²) in [7, 11) is 0. The monoisotopic (exact) mass is 388 g/mol. The van der Waals surface area contributed by atoms with Gasteiger partial charge in [-0.15, -0.1) is 0 Å². The molecule has 2 aliphatic rings. The zero-order chi connectivity index (χ0) is 17.3. The van der Waals surface area contributed by atoms with Crippen molar-refractivity contribution in [3.8, 4) is 0 Å². The van der Waals surface area contributed by atoms with E-state index in [1.54, 1.807) is 4.90 Å². The average molecular weight is 389 g/mol. The summed E-state index contributed by atoms with van der Waals surface area (Å²) in [6.07, 6.45) is 3.98. The molecule has 2 aromatic rings. The molecule has 1 fully saturated rings. The first-order valence-electron chi connectivity index (χ1n) is 9.72. The van der Waals surface area contributed by atoms with E-state index in [2.05, 4.69) is 67.3 Å². The van der Waals surface area contributed by atoms with Crippen molar-refractivity contribution in [1.29, 1.82) is 0 Å². The molecule has 0 bridgehead atoms. The predicted octanol–water partition coefficient (Wildman–Crippen LogP) is 1.39. The van der Waals surface area contributed by atoms with Crippen LogP contribution in [0.15, 0.2) is 58.3 Å². The second kappa shape index (κ2) is 8.24. The van der Waals surface area contributed by atoms with Crippen molar-refractivity contribution in [3.05, 3.63) is 48.5 Å². The first-order valence-corrected chi connectivity index (χ1v) is 10.5. The molecule has 4 rings (SSSR count). The number of quaternary nitrogens is 1. The van der Waals surface area contributed by atoms with E-state index in [1.807, 2.05) is 11.8 Å². The molecular formula is C22H29ClN2S. The van der Waals surface area contributed by atoms with Gasteiger partial charge in [-0.1, -0.05) is 49.4 Å². The van der Waals surface area contributed by atoms with Crippen molar-refractivity contribution >= 4 is 23.1 Å². The third-order valence-electron chi connectivity index (χ3n) is 5.94. The molecule has 0 saturated carbocycles. The van der Waals surface area contributed by atoms with Crippen molar-refractivity contribution < 1.29 is 17.3 Å². The Morgan fingerprint density at radius 1 is 1.00 bits per heavy atom. The van der Waals surface area contributed by atoms with E-state index in [1.165, 1.54) is 60.1 Å². The van der Waals surface area contributed by atoms with E-state index in [-0.39, 0.29) is 12.4 Å². The Morgan fingerprint density at radius 2 is 1.62 bits per heavy atom. The van der Waals surface area contributed by atoms with E-state index in [9.17, 15) is 0 Å². The molecule has 2 aliphatic heterocycles. The number of para-hydroxylation sites is 2. The average Bonchev–Trinajstić information content (AvgIpc) is 3.05. The predicted molar refractivity (Wildman–Crippen MR) is 107 cm³/mol. The van der Waals surface area contributed by atoms with Crippen LogP contribution in [0, 0.1) is 5.41 Å². The lowest BCUT2D eigenvalue weighted by molar-refractivity contribution is -0.888. The Hall–Kier alpha value is -1.16. The SMILES string of the molecule is CCCC1(CN2c3ccccc3Sc3ccccc32)CC[NH+](CC)C1.[Cl-]. The number of nitrogens with zero attached hydrogens (tertiary/aromatic N) is 1. The zero-order valence-corrected chi connectivity index (χ0v) is 17.4. The van der Waals surface area contributed by atoms with Crippen LogP contribution < -0.4 is 22.2 Å². The van der Waals surface area contributed by atoms with Gasteiger partial charge in [0.25, 0.3) is 0 Å². The summed E-state index contributed by atoms with van der Waals surface area (Å²) < 4.78 is 0. The maximum Gasteiger partial charge on any atom is 0.0847 e. The normalized spacial score (nSPS) is 23.9. The summed E-state index contributed by atoms with van der Waals surface area (Å²) >= 11 is 1.91. The van der Waals surface area contributed by atoms with Crippen LogP contribution in [0.25, 0.3) is 0 Å². The van der Waals surface area contributed by atoms with Gasteiger partial charge in [0, 0.05) is 28.2 Å². The van der Waals surface area contributed by atoms with Crippen LogP contribution in [0.1, 0.15) is 33.1 Å². The van der Waals surface area contributed by atoms with E-state index >= 15 is 0 Å². The van der Waals surface area contributed by atoms with E-state index < -0.39 is 0 Å². The topological polar surface area (TPSA) is 7.68 Å².